The van der Waals surface area contributed by atoms with Gasteiger partial charge in [0.1, 0.15) is 6.23 Å². The third-order valence-corrected chi connectivity index (χ3v) is 4.25. The zero-order valence-electron chi connectivity index (χ0n) is 15.2. The van der Waals surface area contributed by atoms with Crippen LogP contribution in [-0.2, 0) is 9.53 Å². The molecule has 0 aromatic rings. The fourth-order valence-corrected chi connectivity index (χ4v) is 2.80. The Balaban J connectivity index is 2.62. The molecule has 1 aliphatic rings. The molecule has 0 radical (unpaired) electrons. The predicted molar refractivity (Wildman–Crippen MR) is 92.6 cm³/mol. The minimum absolute atomic E-state index is 0.0564. The number of hydrogen-bond acceptors (Lipinski definition) is 2. The lowest BCUT2D eigenvalue weighted by molar-refractivity contribution is -0.142. The third kappa shape index (κ3) is 5.60. The second-order valence-electron chi connectivity index (χ2n) is 7.23. The molecule has 1 heterocycles. The van der Waals surface area contributed by atoms with Gasteiger partial charge in [-0.15, -0.1) is 0 Å². The number of amides is 1. The van der Waals surface area contributed by atoms with E-state index in [1.807, 2.05) is 11.8 Å². The van der Waals surface area contributed by atoms with Gasteiger partial charge in [0, 0.05) is 18.4 Å². The van der Waals surface area contributed by atoms with Gasteiger partial charge in [0.25, 0.3) is 0 Å². The summed E-state index contributed by atoms with van der Waals surface area (Å²) in [7, 11) is 0. The molecule has 0 spiro atoms. The Labute approximate surface area is 136 Å². The minimum Gasteiger partial charge on any atom is -0.356 e. The Morgan fingerprint density at radius 1 is 1.27 bits per heavy atom. The third-order valence-electron chi connectivity index (χ3n) is 4.25. The molecule has 0 bridgehead atoms. The first-order valence-electron chi connectivity index (χ1n) is 8.48. The summed E-state index contributed by atoms with van der Waals surface area (Å²) >= 11 is 0. The van der Waals surface area contributed by atoms with E-state index >= 15 is 0 Å². The molecule has 1 atom stereocenters. The normalized spacial score (nSPS) is 19.5. The molecule has 3 heteroatoms. The lowest BCUT2D eigenvalue weighted by Gasteiger charge is -2.36. The number of carbonyl (C=O) groups excluding carboxylic acids is 1. The van der Waals surface area contributed by atoms with Crippen LogP contribution >= 0.6 is 0 Å². The van der Waals surface area contributed by atoms with Crippen LogP contribution in [0, 0.1) is 5.41 Å². The largest absolute Gasteiger partial charge is 0.356 e. The smallest absolute Gasteiger partial charge is 0.224 e. The lowest BCUT2D eigenvalue weighted by Crippen LogP contribution is -2.44. The van der Waals surface area contributed by atoms with Crippen LogP contribution < -0.4 is 0 Å². The standard InChI is InChI=1S/C19H33NO2/c1-7-17(21)20-13-14-22-18(20)19(5,6)12-11-16(4)10-8-9-15(2)3/h9,11,18H,7-8,10,12-14H2,1-6H3/b16-11+/t18-/m1/s1. The van der Waals surface area contributed by atoms with Gasteiger partial charge >= 0.3 is 0 Å². The topological polar surface area (TPSA) is 29.5 Å². The summed E-state index contributed by atoms with van der Waals surface area (Å²) < 4.78 is 5.86. The van der Waals surface area contributed by atoms with Crippen molar-refractivity contribution in [2.45, 2.75) is 73.5 Å². The van der Waals surface area contributed by atoms with Gasteiger partial charge in [-0.05, 0) is 40.0 Å². The van der Waals surface area contributed by atoms with E-state index in [-0.39, 0.29) is 17.6 Å². The summed E-state index contributed by atoms with van der Waals surface area (Å²) in [6, 6.07) is 0. The van der Waals surface area contributed by atoms with Gasteiger partial charge in [0.05, 0.1) is 6.61 Å². The molecule has 22 heavy (non-hydrogen) atoms. The fourth-order valence-electron chi connectivity index (χ4n) is 2.80. The number of hydrogen-bond donors (Lipinski definition) is 0. The van der Waals surface area contributed by atoms with Gasteiger partial charge in [-0.2, -0.15) is 0 Å². The molecular formula is C19H33NO2. The molecule has 1 rings (SSSR count). The van der Waals surface area contributed by atoms with Gasteiger partial charge < -0.3 is 9.64 Å². The molecule has 0 aromatic carbocycles. The molecule has 0 N–H and O–H groups in total. The van der Waals surface area contributed by atoms with Crippen LogP contribution in [0.4, 0.5) is 0 Å². The van der Waals surface area contributed by atoms with E-state index in [9.17, 15) is 4.79 Å². The molecule has 1 aliphatic heterocycles. The average molecular weight is 307 g/mol. The highest BCUT2D eigenvalue weighted by Gasteiger charge is 2.39. The second kappa shape index (κ2) is 8.52. The van der Waals surface area contributed by atoms with E-state index in [0.29, 0.717) is 13.0 Å². The van der Waals surface area contributed by atoms with Crippen molar-refractivity contribution >= 4 is 5.91 Å². The number of carbonyl (C=O) groups is 1. The van der Waals surface area contributed by atoms with Gasteiger partial charge in [0.2, 0.25) is 5.91 Å². The molecule has 1 fully saturated rings. The van der Waals surface area contributed by atoms with Gasteiger partial charge in [0.15, 0.2) is 0 Å². The Kier molecular flexibility index (Phi) is 7.34. The first-order valence-corrected chi connectivity index (χ1v) is 8.48. The van der Waals surface area contributed by atoms with Crippen molar-refractivity contribution in [1.82, 2.24) is 4.90 Å². The van der Waals surface area contributed by atoms with Crippen molar-refractivity contribution in [2.24, 2.45) is 5.41 Å². The molecule has 0 unspecified atom stereocenters. The SMILES string of the molecule is CCC(=O)N1CCO[C@@H]1C(C)(C)C/C=C(\C)CCC=C(C)C. The summed E-state index contributed by atoms with van der Waals surface area (Å²) in [6.07, 6.45) is 8.19. The van der Waals surface area contributed by atoms with Crippen LogP contribution in [0.1, 0.15) is 67.2 Å². The van der Waals surface area contributed by atoms with E-state index < -0.39 is 0 Å². The Bertz CT molecular complexity index is 431. The highest BCUT2D eigenvalue weighted by atomic mass is 16.5. The van der Waals surface area contributed by atoms with Crippen LogP contribution in [0.3, 0.4) is 0 Å². The highest BCUT2D eigenvalue weighted by Crippen LogP contribution is 2.34. The first kappa shape index (κ1) is 19.0. The number of rotatable bonds is 7. The van der Waals surface area contributed by atoms with Crippen molar-refractivity contribution in [2.75, 3.05) is 13.2 Å². The molecule has 0 aliphatic carbocycles. The second-order valence-corrected chi connectivity index (χ2v) is 7.23. The van der Waals surface area contributed by atoms with Crippen molar-refractivity contribution in [3.63, 3.8) is 0 Å². The van der Waals surface area contributed by atoms with Crippen molar-refractivity contribution in [1.29, 1.82) is 0 Å². The van der Waals surface area contributed by atoms with Crippen LogP contribution in [-0.4, -0.2) is 30.2 Å². The maximum atomic E-state index is 12.0. The van der Waals surface area contributed by atoms with Crippen LogP contribution in [0.2, 0.25) is 0 Å². The van der Waals surface area contributed by atoms with Gasteiger partial charge in [-0.3, -0.25) is 4.79 Å². The monoisotopic (exact) mass is 307 g/mol. The van der Waals surface area contributed by atoms with Gasteiger partial charge in [-0.25, -0.2) is 0 Å². The molecule has 126 valence electrons. The summed E-state index contributed by atoms with van der Waals surface area (Å²) in [4.78, 5) is 13.9. The average Bonchev–Trinajstić information content (AvgIpc) is 2.94. The van der Waals surface area contributed by atoms with Crippen LogP contribution in [0.5, 0.6) is 0 Å². The van der Waals surface area contributed by atoms with E-state index in [4.69, 9.17) is 4.74 Å². The van der Waals surface area contributed by atoms with E-state index in [2.05, 4.69) is 46.8 Å². The fraction of sp³-hybridized carbons (Fsp3) is 0.737. The molecule has 1 amide bonds. The maximum absolute atomic E-state index is 12.0. The predicted octanol–water partition coefficient (Wildman–Crippen LogP) is 4.69. The maximum Gasteiger partial charge on any atom is 0.224 e. The molecule has 0 aromatic heterocycles. The molecule has 3 nitrogen and oxygen atoms in total. The minimum atomic E-state index is -0.0956. The van der Waals surface area contributed by atoms with Crippen LogP contribution in [0.25, 0.3) is 0 Å². The molecular weight excluding hydrogens is 274 g/mol. The summed E-state index contributed by atoms with van der Waals surface area (Å²) in [5.41, 5.74) is 2.73. The van der Waals surface area contributed by atoms with Crippen molar-refractivity contribution in [3.8, 4) is 0 Å². The van der Waals surface area contributed by atoms with Crippen molar-refractivity contribution < 1.29 is 9.53 Å². The van der Waals surface area contributed by atoms with E-state index in [1.54, 1.807) is 0 Å². The number of nitrogens with zero attached hydrogens (tertiary/aromatic N) is 1. The Hall–Kier alpha value is -1.09. The first-order chi connectivity index (χ1) is 10.3. The van der Waals surface area contributed by atoms with Crippen LogP contribution in [0.15, 0.2) is 23.3 Å². The Morgan fingerprint density at radius 2 is 1.95 bits per heavy atom. The summed E-state index contributed by atoms with van der Waals surface area (Å²) in [6.45, 7) is 14.2. The summed E-state index contributed by atoms with van der Waals surface area (Å²) in [5, 5.41) is 0. The molecule has 0 saturated carbocycles. The number of ether oxygens (including phenoxy) is 1. The quantitative estimate of drug-likeness (QED) is 0.639. The van der Waals surface area contributed by atoms with E-state index in [0.717, 1.165) is 25.8 Å². The highest BCUT2D eigenvalue weighted by molar-refractivity contribution is 5.76. The molecule has 1 saturated heterocycles. The summed E-state index contributed by atoms with van der Waals surface area (Å²) in [5.74, 6) is 0.194. The zero-order valence-corrected chi connectivity index (χ0v) is 15.2. The van der Waals surface area contributed by atoms with Gasteiger partial charge in [-0.1, -0.05) is 44.1 Å². The lowest BCUT2D eigenvalue weighted by atomic mass is 9.85. The van der Waals surface area contributed by atoms with Crippen molar-refractivity contribution in [3.05, 3.63) is 23.3 Å². The zero-order chi connectivity index (χ0) is 16.8. The Morgan fingerprint density at radius 3 is 2.55 bits per heavy atom. The number of allylic oxidation sites excluding steroid dienone is 4. The van der Waals surface area contributed by atoms with E-state index in [1.165, 1.54) is 11.1 Å².